The van der Waals surface area contributed by atoms with Gasteiger partial charge in [0.1, 0.15) is 16.3 Å². The zero-order chi connectivity index (χ0) is 21.1. The van der Waals surface area contributed by atoms with E-state index in [4.69, 9.17) is 4.74 Å². The van der Waals surface area contributed by atoms with Crippen molar-refractivity contribution in [3.05, 3.63) is 71.1 Å². The Labute approximate surface area is 180 Å². The molecule has 0 aliphatic heterocycles. The molecule has 1 amide bonds. The lowest BCUT2D eigenvalue weighted by atomic mass is 10.1. The van der Waals surface area contributed by atoms with Gasteiger partial charge in [-0.2, -0.15) is 5.10 Å². The van der Waals surface area contributed by atoms with E-state index in [1.807, 2.05) is 60.3 Å². The quantitative estimate of drug-likeness (QED) is 0.455. The van der Waals surface area contributed by atoms with Crippen molar-refractivity contribution < 1.29 is 9.53 Å². The molecule has 4 aromatic rings. The molecule has 0 aliphatic carbocycles. The number of aryl methyl sites for hydroxylation is 2. The summed E-state index contributed by atoms with van der Waals surface area (Å²) in [5.41, 5.74) is 3.12. The Morgan fingerprint density at radius 2 is 1.97 bits per heavy atom. The number of ether oxygens (including phenoxy) is 1. The van der Waals surface area contributed by atoms with Crippen LogP contribution in [0.3, 0.4) is 0 Å². The van der Waals surface area contributed by atoms with E-state index < -0.39 is 0 Å². The Morgan fingerprint density at radius 1 is 1.17 bits per heavy atom. The third-order valence-electron chi connectivity index (χ3n) is 5.16. The highest BCUT2D eigenvalue weighted by molar-refractivity contribution is 7.20. The van der Waals surface area contributed by atoms with E-state index in [2.05, 4.69) is 29.5 Å². The first-order valence-corrected chi connectivity index (χ1v) is 10.8. The Morgan fingerprint density at radius 3 is 2.73 bits per heavy atom. The molecule has 0 unspecified atom stereocenters. The van der Waals surface area contributed by atoms with E-state index >= 15 is 0 Å². The number of thiophene rings is 1. The topological polar surface area (TPSA) is 56.2 Å². The van der Waals surface area contributed by atoms with Crippen LogP contribution in [-0.2, 0) is 13.5 Å². The van der Waals surface area contributed by atoms with E-state index in [9.17, 15) is 4.79 Å². The van der Waals surface area contributed by atoms with Crippen LogP contribution in [0, 0.1) is 0 Å². The summed E-state index contributed by atoms with van der Waals surface area (Å²) in [4.78, 5) is 14.5. The van der Waals surface area contributed by atoms with Crippen molar-refractivity contribution in [1.82, 2.24) is 15.1 Å². The highest BCUT2D eigenvalue weighted by Crippen LogP contribution is 2.34. The fourth-order valence-corrected chi connectivity index (χ4v) is 4.51. The minimum Gasteiger partial charge on any atom is -0.497 e. The monoisotopic (exact) mass is 419 g/mol. The van der Waals surface area contributed by atoms with Gasteiger partial charge in [-0.25, -0.2) is 0 Å². The summed E-state index contributed by atoms with van der Waals surface area (Å²) in [5.74, 6) is 0.750. The molecule has 0 radical (unpaired) electrons. The van der Waals surface area contributed by atoms with Gasteiger partial charge in [-0.05, 0) is 43.5 Å². The molecule has 0 saturated carbocycles. The molecule has 0 aliphatic rings. The van der Waals surface area contributed by atoms with Gasteiger partial charge in [0.05, 0.1) is 12.0 Å². The molecule has 30 heavy (non-hydrogen) atoms. The summed E-state index contributed by atoms with van der Waals surface area (Å²) < 4.78 is 7.18. The predicted molar refractivity (Wildman–Crippen MR) is 122 cm³/mol. The lowest BCUT2D eigenvalue weighted by Gasteiger charge is -2.13. The second-order valence-electron chi connectivity index (χ2n) is 7.43. The van der Waals surface area contributed by atoms with Crippen molar-refractivity contribution in [3.63, 3.8) is 0 Å². The van der Waals surface area contributed by atoms with E-state index in [1.165, 1.54) is 16.9 Å². The van der Waals surface area contributed by atoms with Gasteiger partial charge in [-0.15, -0.1) is 11.3 Å². The molecule has 5 nitrogen and oxygen atoms in total. The number of carbonyl (C=O) groups excluding carboxylic acids is 1. The van der Waals surface area contributed by atoms with E-state index in [0.717, 1.165) is 40.1 Å². The highest BCUT2D eigenvalue weighted by Gasteiger charge is 2.19. The van der Waals surface area contributed by atoms with Gasteiger partial charge in [-0.3, -0.25) is 9.48 Å². The number of nitrogens with one attached hydrogen (secondary N) is 1. The van der Waals surface area contributed by atoms with Crippen LogP contribution in [-0.4, -0.2) is 28.8 Å². The smallest absolute Gasteiger partial charge is 0.261 e. The van der Waals surface area contributed by atoms with E-state index in [-0.39, 0.29) is 11.9 Å². The third-order valence-corrected chi connectivity index (χ3v) is 6.37. The minimum atomic E-state index is -0.0339. The number of nitrogens with zero attached hydrogens (tertiary/aromatic N) is 2. The predicted octanol–water partition coefficient (Wildman–Crippen LogP) is 5.06. The average Bonchev–Trinajstić information content (AvgIpc) is 3.34. The summed E-state index contributed by atoms with van der Waals surface area (Å²) >= 11 is 1.47. The number of methoxy groups -OCH3 is 1. The molecule has 0 fully saturated rings. The van der Waals surface area contributed by atoms with E-state index in [0.29, 0.717) is 4.88 Å². The van der Waals surface area contributed by atoms with Crippen molar-refractivity contribution in [2.75, 3.05) is 7.11 Å². The number of aromatic nitrogens is 2. The number of hydrogen-bond acceptors (Lipinski definition) is 4. The van der Waals surface area contributed by atoms with Crippen molar-refractivity contribution in [1.29, 1.82) is 0 Å². The summed E-state index contributed by atoms with van der Waals surface area (Å²) in [6.07, 6.45) is 1.84. The van der Waals surface area contributed by atoms with Crippen LogP contribution >= 0.6 is 11.3 Å². The molecule has 4 rings (SSSR count). The fourth-order valence-electron chi connectivity index (χ4n) is 3.53. The summed E-state index contributed by atoms with van der Waals surface area (Å²) in [5, 5.41) is 8.78. The zero-order valence-corrected chi connectivity index (χ0v) is 18.2. The van der Waals surface area contributed by atoms with Crippen molar-refractivity contribution >= 4 is 27.5 Å². The van der Waals surface area contributed by atoms with Crippen LogP contribution in [0.5, 0.6) is 5.75 Å². The maximum atomic E-state index is 12.8. The molecular weight excluding hydrogens is 394 g/mol. The van der Waals surface area contributed by atoms with Crippen molar-refractivity contribution in [2.24, 2.45) is 7.05 Å². The molecule has 1 atom stereocenters. The SMILES string of the molecule is COc1cccc(-c2nn(C)c3sc(C(=O)N[C@H](C)CCc4ccccc4)cc23)c1. The number of fused-ring (bicyclic) bond motifs is 1. The molecular formula is C24H25N3O2S. The van der Waals surface area contributed by atoms with Gasteiger partial charge in [0.2, 0.25) is 0 Å². The Hall–Kier alpha value is -3.12. The molecule has 6 heteroatoms. The van der Waals surface area contributed by atoms with Crippen LogP contribution in [0.25, 0.3) is 21.5 Å². The summed E-state index contributed by atoms with van der Waals surface area (Å²) in [6, 6.07) is 20.2. The summed E-state index contributed by atoms with van der Waals surface area (Å²) in [6.45, 7) is 2.05. The zero-order valence-electron chi connectivity index (χ0n) is 17.4. The molecule has 1 N–H and O–H groups in total. The van der Waals surface area contributed by atoms with Crippen molar-refractivity contribution in [2.45, 2.75) is 25.8 Å². The maximum Gasteiger partial charge on any atom is 0.261 e. The number of hydrogen-bond donors (Lipinski definition) is 1. The standard InChI is InChI=1S/C24H25N3O2S/c1-16(12-13-17-8-5-4-6-9-17)25-23(28)21-15-20-22(26-27(2)24(20)30-21)18-10-7-11-19(14-18)29-3/h4-11,14-16H,12-13H2,1-3H3,(H,25,28)/t16-/m1/s1. The third kappa shape index (κ3) is 4.24. The minimum absolute atomic E-state index is 0.0339. The lowest BCUT2D eigenvalue weighted by Crippen LogP contribution is -2.32. The molecule has 0 bridgehead atoms. The maximum absolute atomic E-state index is 12.8. The largest absolute Gasteiger partial charge is 0.497 e. The van der Waals surface area contributed by atoms with Gasteiger partial charge in [0.15, 0.2) is 0 Å². The molecule has 154 valence electrons. The Bertz CT molecular complexity index is 1160. The average molecular weight is 420 g/mol. The van der Waals surface area contributed by atoms with Crippen LogP contribution in [0.2, 0.25) is 0 Å². The summed E-state index contributed by atoms with van der Waals surface area (Å²) in [7, 11) is 3.56. The molecule has 2 aromatic carbocycles. The van der Waals surface area contributed by atoms with Crippen LogP contribution in [0.4, 0.5) is 0 Å². The number of amides is 1. The first-order chi connectivity index (χ1) is 14.5. The second-order valence-corrected chi connectivity index (χ2v) is 8.46. The van der Waals surface area contributed by atoms with Gasteiger partial charge in [-0.1, -0.05) is 42.5 Å². The molecule has 2 aromatic heterocycles. The number of rotatable bonds is 7. The van der Waals surface area contributed by atoms with Gasteiger partial charge in [0.25, 0.3) is 5.91 Å². The lowest BCUT2D eigenvalue weighted by molar-refractivity contribution is 0.0942. The fraction of sp³-hybridized carbons (Fsp3) is 0.250. The second kappa shape index (κ2) is 8.71. The van der Waals surface area contributed by atoms with E-state index in [1.54, 1.807) is 7.11 Å². The van der Waals surface area contributed by atoms with Crippen LogP contribution < -0.4 is 10.1 Å². The molecule has 0 spiro atoms. The first-order valence-electron chi connectivity index (χ1n) is 10.0. The van der Waals surface area contributed by atoms with Gasteiger partial charge < -0.3 is 10.1 Å². The first kappa shape index (κ1) is 20.2. The molecule has 0 saturated heterocycles. The Balaban J connectivity index is 1.51. The Kier molecular flexibility index (Phi) is 5.86. The van der Waals surface area contributed by atoms with Crippen LogP contribution in [0.1, 0.15) is 28.6 Å². The van der Waals surface area contributed by atoms with Crippen LogP contribution in [0.15, 0.2) is 60.7 Å². The highest BCUT2D eigenvalue weighted by atomic mass is 32.1. The molecule has 2 heterocycles. The van der Waals surface area contributed by atoms with Gasteiger partial charge >= 0.3 is 0 Å². The number of benzene rings is 2. The number of carbonyl (C=O) groups is 1. The van der Waals surface area contributed by atoms with Crippen molar-refractivity contribution in [3.8, 4) is 17.0 Å². The van der Waals surface area contributed by atoms with Gasteiger partial charge in [0, 0.05) is 24.0 Å². The normalized spacial score (nSPS) is 12.1.